The van der Waals surface area contributed by atoms with E-state index >= 15 is 0 Å². The number of carbonyl (C=O) groups excluding carboxylic acids is 1. The first-order valence-electron chi connectivity index (χ1n) is 2.11. The Morgan fingerprint density at radius 1 is 1.57 bits per heavy atom. The van der Waals surface area contributed by atoms with E-state index in [2.05, 4.69) is 0 Å². The van der Waals surface area contributed by atoms with Crippen molar-refractivity contribution in [3.63, 3.8) is 0 Å². The van der Waals surface area contributed by atoms with E-state index in [0.29, 0.717) is 6.42 Å². The largest absolute Gasteiger partial charge is 0.360 e. The minimum absolute atomic E-state index is 0.200. The Kier molecular flexibility index (Phi) is 0.711. The quantitative estimate of drug-likeness (QED) is 0.387. The number of carbonyl (C=O) groups is 1. The molecule has 0 aromatic rings. The van der Waals surface area contributed by atoms with Crippen LogP contribution in [-0.2, 0) is 4.79 Å². The summed E-state index contributed by atoms with van der Waals surface area (Å²) >= 11 is 0. The molecule has 0 aromatic carbocycles. The molecule has 1 aliphatic carbocycles. The van der Waals surface area contributed by atoms with E-state index < -0.39 is 11.6 Å². The summed E-state index contributed by atoms with van der Waals surface area (Å²) in [4.78, 5) is 10.1. The highest BCUT2D eigenvalue weighted by atomic mass is 16.5. The molecule has 40 valence electrons. The van der Waals surface area contributed by atoms with Crippen molar-refractivity contribution in [2.75, 3.05) is 0 Å². The maximum atomic E-state index is 10.1. The van der Waals surface area contributed by atoms with Crippen molar-refractivity contribution >= 4 is 5.78 Å². The molecule has 2 N–H and O–H groups in total. The van der Waals surface area contributed by atoms with E-state index in [-0.39, 0.29) is 6.42 Å². The fraction of sp³-hybridized carbons (Fsp3) is 0.750. The molecule has 1 saturated carbocycles. The Morgan fingerprint density at radius 3 is 2.00 bits per heavy atom. The van der Waals surface area contributed by atoms with Crippen LogP contribution in [0.5, 0.6) is 0 Å². The first-order chi connectivity index (χ1) is 3.13. The maximum Gasteiger partial charge on any atom is 0.224 e. The van der Waals surface area contributed by atoms with Crippen LogP contribution >= 0.6 is 0 Å². The fourth-order valence-corrected chi connectivity index (χ4v) is 0.451. The number of aliphatic hydroxyl groups is 2. The Bertz CT molecular complexity index is 106. The number of hydrogen-bond donors (Lipinski definition) is 2. The molecule has 1 fully saturated rings. The standard InChI is InChI=1S/C4H6O3/c5-3-1-2-4(3,6)7/h6-7H,1-2H2. The summed E-state index contributed by atoms with van der Waals surface area (Å²) in [7, 11) is 0. The van der Waals surface area contributed by atoms with Crippen molar-refractivity contribution < 1.29 is 15.0 Å². The van der Waals surface area contributed by atoms with Crippen LogP contribution in [0.2, 0.25) is 0 Å². The zero-order chi connectivity index (χ0) is 5.49. The lowest BCUT2D eigenvalue weighted by Crippen LogP contribution is -2.47. The lowest BCUT2D eigenvalue weighted by Gasteiger charge is -2.27. The fourth-order valence-electron chi connectivity index (χ4n) is 0.451. The van der Waals surface area contributed by atoms with Crippen molar-refractivity contribution in [3.8, 4) is 0 Å². The van der Waals surface area contributed by atoms with Crippen LogP contribution in [0.4, 0.5) is 0 Å². The van der Waals surface area contributed by atoms with Gasteiger partial charge >= 0.3 is 0 Å². The monoisotopic (exact) mass is 102 g/mol. The van der Waals surface area contributed by atoms with E-state index in [9.17, 15) is 4.79 Å². The van der Waals surface area contributed by atoms with Crippen molar-refractivity contribution in [3.05, 3.63) is 0 Å². The van der Waals surface area contributed by atoms with E-state index in [1.165, 1.54) is 0 Å². The Hall–Kier alpha value is -0.410. The SMILES string of the molecule is O=C1CCC1(O)O. The predicted octanol–water partition coefficient (Wildman–Crippen LogP) is -0.970. The summed E-state index contributed by atoms with van der Waals surface area (Å²) in [6, 6.07) is 0. The molecule has 0 amide bonds. The summed E-state index contributed by atoms with van der Waals surface area (Å²) in [5.41, 5.74) is 0. The zero-order valence-corrected chi connectivity index (χ0v) is 3.72. The van der Waals surface area contributed by atoms with Crippen LogP contribution in [0.25, 0.3) is 0 Å². The lowest BCUT2D eigenvalue weighted by molar-refractivity contribution is -0.206. The second-order valence-corrected chi connectivity index (χ2v) is 1.74. The smallest absolute Gasteiger partial charge is 0.224 e. The summed E-state index contributed by atoms with van der Waals surface area (Å²) in [5, 5.41) is 16.8. The van der Waals surface area contributed by atoms with Gasteiger partial charge in [0.2, 0.25) is 5.79 Å². The molecule has 0 unspecified atom stereocenters. The first kappa shape index (κ1) is 4.74. The third kappa shape index (κ3) is 0.536. The van der Waals surface area contributed by atoms with E-state index in [1.807, 2.05) is 0 Å². The van der Waals surface area contributed by atoms with Gasteiger partial charge in [0.15, 0.2) is 5.78 Å². The van der Waals surface area contributed by atoms with Gasteiger partial charge in [0.05, 0.1) is 0 Å². The molecule has 3 nitrogen and oxygen atoms in total. The molecule has 0 saturated heterocycles. The predicted molar refractivity (Wildman–Crippen MR) is 21.4 cm³/mol. The van der Waals surface area contributed by atoms with Crippen molar-refractivity contribution in [2.45, 2.75) is 18.6 Å². The van der Waals surface area contributed by atoms with Gasteiger partial charge in [-0.1, -0.05) is 0 Å². The Balaban J connectivity index is 2.59. The number of hydrogen-bond acceptors (Lipinski definition) is 3. The summed E-state index contributed by atoms with van der Waals surface area (Å²) < 4.78 is 0. The van der Waals surface area contributed by atoms with Gasteiger partial charge in [-0.25, -0.2) is 0 Å². The molecule has 0 aliphatic heterocycles. The number of Topliss-reactive ketones (excluding diaryl/α,β-unsaturated/α-hetero) is 1. The van der Waals surface area contributed by atoms with Crippen molar-refractivity contribution in [1.29, 1.82) is 0 Å². The normalized spacial score (nSPS) is 26.9. The van der Waals surface area contributed by atoms with Crippen LogP contribution < -0.4 is 0 Å². The minimum atomic E-state index is -1.96. The summed E-state index contributed by atoms with van der Waals surface area (Å²) in [6.45, 7) is 0. The molecular formula is C4H6O3. The third-order valence-electron chi connectivity index (χ3n) is 1.15. The van der Waals surface area contributed by atoms with Crippen LogP contribution in [0.1, 0.15) is 12.8 Å². The highest BCUT2D eigenvalue weighted by Crippen LogP contribution is 2.23. The van der Waals surface area contributed by atoms with Crippen molar-refractivity contribution in [2.24, 2.45) is 0 Å². The average Bonchev–Trinajstić information content (AvgIpc) is 1.63. The van der Waals surface area contributed by atoms with Crippen molar-refractivity contribution in [1.82, 2.24) is 0 Å². The van der Waals surface area contributed by atoms with Gasteiger partial charge in [0.25, 0.3) is 0 Å². The van der Waals surface area contributed by atoms with Crippen LogP contribution in [-0.4, -0.2) is 21.8 Å². The lowest BCUT2D eigenvalue weighted by atomic mass is 9.90. The highest BCUT2D eigenvalue weighted by molar-refractivity contribution is 5.90. The molecule has 3 heteroatoms. The Morgan fingerprint density at radius 2 is 2.00 bits per heavy atom. The van der Waals surface area contributed by atoms with Gasteiger partial charge in [0.1, 0.15) is 0 Å². The molecule has 0 bridgehead atoms. The molecule has 1 rings (SSSR count). The third-order valence-corrected chi connectivity index (χ3v) is 1.15. The molecule has 0 aromatic heterocycles. The maximum absolute atomic E-state index is 10.1. The molecule has 7 heavy (non-hydrogen) atoms. The average molecular weight is 102 g/mol. The summed E-state index contributed by atoms with van der Waals surface area (Å²) in [6.07, 6.45) is 0.513. The first-order valence-corrected chi connectivity index (χ1v) is 2.11. The van der Waals surface area contributed by atoms with Gasteiger partial charge in [-0.15, -0.1) is 0 Å². The van der Waals surface area contributed by atoms with E-state index in [1.54, 1.807) is 0 Å². The molecule has 0 atom stereocenters. The van der Waals surface area contributed by atoms with Gasteiger partial charge in [0, 0.05) is 12.8 Å². The van der Waals surface area contributed by atoms with Gasteiger partial charge in [-0.05, 0) is 0 Å². The molecule has 1 aliphatic rings. The van der Waals surface area contributed by atoms with Crippen LogP contribution in [0, 0.1) is 0 Å². The minimum Gasteiger partial charge on any atom is -0.360 e. The second-order valence-electron chi connectivity index (χ2n) is 1.74. The Labute approximate surface area is 40.6 Å². The topological polar surface area (TPSA) is 57.5 Å². The van der Waals surface area contributed by atoms with E-state index in [0.717, 1.165) is 0 Å². The highest BCUT2D eigenvalue weighted by Gasteiger charge is 2.41. The van der Waals surface area contributed by atoms with E-state index in [4.69, 9.17) is 10.2 Å². The molecule has 0 radical (unpaired) electrons. The number of ketones is 1. The van der Waals surface area contributed by atoms with Crippen LogP contribution in [0.3, 0.4) is 0 Å². The summed E-state index contributed by atoms with van der Waals surface area (Å²) in [5.74, 6) is -2.42. The van der Waals surface area contributed by atoms with Gasteiger partial charge in [-0.3, -0.25) is 4.79 Å². The van der Waals surface area contributed by atoms with Gasteiger partial charge in [-0.2, -0.15) is 0 Å². The van der Waals surface area contributed by atoms with Crippen LogP contribution in [0.15, 0.2) is 0 Å². The zero-order valence-electron chi connectivity index (χ0n) is 3.72. The van der Waals surface area contributed by atoms with Gasteiger partial charge < -0.3 is 10.2 Å². The molecular weight excluding hydrogens is 96.0 g/mol. The molecule has 0 spiro atoms. The second kappa shape index (κ2) is 1.05. The number of rotatable bonds is 0. The molecule has 0 heterocycles.